The summed E-state index contributed by atoms with van der Waals surface area (Å²) in [6.45, 7) is 5.37. The first kappa shape index (κ1) is 29.0. The van der Waals surface area contributed by atoms with Crippen molar-refractivity contribution in [2.45, 2.75) is 52.2 Å². The summed E-state index contributed by atoms with van der Waals surface area (Å²) < 4.78 is 36.7. The Kier molecular flexibility index (Phi) is 10.6. The van der Waals surface area contributed by atoms with Crippen molar-refractivity contribution in [3.8, 4) is 11.5 Å². The maximum Gasteiger partial charge on any atom is 0.244 e. The number of hydrogen-bond acceptors (Lipinski definition) is 6. The Morgan fingerprint density at radius 1 is 0.917 bits per heavy atom. The standard InChI is InChI=1S/C26H37N3O6S/c1-7-19(3)27-26(31)24(8-2)28(17-20-9-13-22(34-4)14-10-20)25(30)18-29(36(6,32)33)21-11-15-23(35-5)16-12-21/h9-16,19,24H,7-8,17-18H2,1-6H3,(H,27,31)/t19-,24+/m0/s1. The van der Waals surface area contributed by atoms with Crippen LogP contribution in [0.1, 0.15) is 39.2 Å². The molecule has 0 heterocycles. The minimum Gasteiger partial charge on any atom is -0.497 e. The highest BCUT2D eigenvalue weighted by Gasteiger charge is 2.32. The third-order valence-electron chi connectivity index (χ3n) is 5.94. The molecule has 1 N–H and O–H groups in total. The van der Waals surface area contributed by atoms with Gasteiger partial charge in [0.05, 0.1) is 26.2 Å². The van der Waals surface area contributed by atoms with E-state index >= 15 is 0 Å². The molecule has 0 fully saturated rings. The van der Waals surface area contributed by atoms with Crippen molar-refractivity contribution in [1.29, 1.82) is 0 Å². The van der Waals surface area contributed by atoms with E-state index in [0.29, 0.717) is 23.6 Å². The van der Waals surface area contributed by atoms with Crippen molar-refractivity contribution in [2.75, 3.05) is 31.3 Å². The van der Waals surface area contributed by atoms with Gasteiger partial charge in [-0.2, -0.15) is 0 Å². The summed E-state index contributed by atoms with van der Waals surface area (Å²) in [6, 6.07) is 12.8. The van der Waals surface area contributed by atoms with Gasteiger partial charge >= 0.3 is 0 Å². The predicted octanol–water partition coefficient (Wildman–Crippen LogP) is 3.19. The van der Waals surface area contributed by atoms with Crippen LogP contribution in [0.15, 0.2) is 48.5 Å². The largest absolute Gasteiger partial charge is 0.497 e. The molecule has 0 saturated heterocycles. The van der Waals surface area contributed by atoms with E-state index in [0.717, 1.165) is 22.5 Å². The normalized spacial score (nSPS) is 12.8. The number of methoxy groups -OCH3 is 2. The van der Waals surface area contributed by atoms with Crippen molar-refractivity contribution in [1.82, 2.24) is 10.2 Å². The first-order valence-electron chi connectivity index (χ1n) is 11.9. The summed E-state index contributed by atoms with van der Waals surface area (Å²) in [7, 11) is -0.717. The Labute approximate surface area is 214 Å². The number of nitrogens with one attached hydrogen (secondary N) is 1. The molecule has 0 bridgehead atoms. The minimum atomic E-state index is -3.80. The molecule has 0 aliphatic heterocycles. The second-order valence-electron chi connectivity index (χ2n) is 8.58. The molecule has 2 amide bonds. The summed E-state index contributed by atoms with van der Waals surface area (Å²) in [4.78, 5) is 28.3. The lowest BCUT2D eigenvalue weighted by molar-refractivity contribution is -0.140. The van der Waals surface area contributed by atoms with E-state index in [1.165, 1.54) is 12.0 Å². The number of benzene rings is 2. The van der Waals surface area contributed by atoms with E-state index in [2.05, 4.69) is 5.32 Å². The number of hydrogen-bond donors (Lipinski definition) is 1. The van der Waals surface area contributed by atoms with E-state index in [1.54, 1.807) is 43.5 Å². The van der Waals surface area contributed by atoms with Gasteiger partial charge in [-0.25, -0.2) is 8.42 Å². The van der Waals surface area contributed by atoms with Gasteiger partial charge in [0.2, 0.25) is 21.8 Å². The Bertz CT molecular complexity index is 1100. The molecule has 0 radical (unpaired) electrons. The van der Waals surface area contributed by atoms with Crippen LogP contribution in [0.4, 0.5) is 5.69 Å². The van der Waals surface area contributed by atoms with Crippen LogP contribution in [0.2, 0.25) is 0 Å². The number of nitrogens with zero attached hydrogens (tertiary/aromatic N) is 2. The van der Waals surface area contributed by atoms with Gasteiger partial charge < -0.3 is 19.7 Å². The fourth-order valence-corrected chi connectivity index (χ4v) is 4.50. The summed E-state index contributed by atoms with van der Waals surface area (Å²) in [5.41, 5.74) is 1.11. The lowest BCUT2D eigenvalue weighted by atomic mass is 10.1. The second kappa shape index (κ2) is 13.2. The number of rotatable bonds is 13. The zero-order chi connectivity index (χ0) is 26.9. The molecule has 2 rings (SSSR count). The molecule has 2 aromatic carbocycles. The van der Waals surface area contributed by atoms with Gasteiger partial charge in [-0.3, -0.25) is 13.9 Å². The molecule has 36 heavy (non-hydrogen) atoms. The zero-order valence-electron chi connectivity index (χ0n) is 21.9. The van der Waals surface area contributed by atoms with Crippen molar-refractivity contribution in [2.24, 2.45) is 0 Å². The number of ether oxygens (including phenoxy) is 2. The van der Waals surface area contributed by atoms with Crippen LogP contribution in [-0.2, 0) is 26.2 Å². The van der Waals surface area contributed by atoms with Gasteiger partial charge in [-0.05, 0) is 61.7 Å². The molecule has 0 aromatic heterocycles. The number of amides is 2. The maximum atomic E-state index is 13.7. The van der Waals surface area contributed by atoms with Gasteiger partial charge in [-0.15, -0.1) is 0 Å². The van der Waals surface area contributed by atoms with Gasteiger partial charge in [-0.1, -0.05) is 26.0 Å². The lowest BCUT2D eigenvalue weighted by Gasteiger charge is -2.33. The zero-order valence-corrected chi connectivity index (χ0v) is 22.7. The lowest BCUT2D eigenvalue weighted by Crippen LogP contribution is -2.53. The second-order valence-corrected chi connectivity index (χ2v) is 10.5. The average Bonchev–Trinajstić information content (AvgIpc) is 2.86. The predicted molar refractivity (Wildman–Crippen MR) is 141 cm³/mol. The molecule has 10 heteroatoms. The van der Waals surface area contributed by atoms with Gasteiger partial charge in [0.25, 0.3) is 0 Å². The van der Waals surface area contributed by atoms with Crippen molar-refractivity contribution in [3.05, 3.63) is 54.1 Å². The molecular weight excluding hydrogens is 482 g/mol. The van der Waals surface area contributed by atoms with E-state index in [4.69, 9.17) is 9.47 Å². The van der Waals surface area contributed by atoms with Crippen LogP contribution in [0.5, 0.6) is 11.5 Å². The van der Waals surface area contributed by atoms with E-state index < -0.39 is 28.5 Å². The molecule has 2 atom stereocenters. The Morgan fingerprint density at radius 3 is 1.89 bits per heavy atom. The SMILES string of the molecule is CC[C@H](C(=O)N[C@@H](C)CC)N(Cc1ccc(OC)cc1)C(=O)CN(c1ccc(OC)cc1)S(C)(=O)=O. The summed E-state index contributed by atoms with van der Waals surface area (Å²) >= 11 is 0. The third kappa shape index (κ3) is 7.87. The fraction of sp³-hybridized carbons (Fsp3) is 0.462. The summed E-state index contributed by atoms with van der Waals surface area (Å²) in [5.74, 6) is 0.468. The first-order chi connectivity index (χ1) is 17.0. The topological polar surface area (TPSA) is 105 Å². The molecule has 0 aliphatic carbocycles. The third-order valence-corrected chi connectivity index (χ3v) is 7.08. The number of anilines is 1. The van der Waals surface area contributed by atoms with Crippen LogP contribution < -0.4 is 19.1 Å². The van der Waals surface area contributed by atoms with Gasteiger partial charge in [0.15, 0.2) is 0 Å². The van der Waals surface area contributed by atoms with Crippen molar-refractivity contribution >= 4 is 27.5 Å². The molecule has 2 aromatic rings. The summed E-state index contributed by atoms with van der Waals surface area (Å²) in [5, 5.41) is 2.95. The maximum absolute atomic E-state index is 13.7. The van der Waals surface area contributed by atoms with Gasteiger partial charge in [0, 0.05) is 12.6 Å². The highest BCUT2D eigenvalue weighted by molar-refractivity contribution is 7.92. The first-order valence-corrected chi connectivity index (χ1v) is 13.7. The highest BCUT2D eigenvalue weighted by Crippen LogP contribution is 2.23. The number of carbonyl (C=O) groups excluding carboxylic acids is 2. The minimum absolute atomic E-state index is 0.0590. The van der Waals surface area contributed by atoms with E-state index in [-0.39, 0.29) is 18.5 Å². The van der Waals surface area contributed by atoms with Crippen LogP contribution >= 0.6 is 0 Å². The number of carbonyl (C=O) groups is 2. The smallest absolute Gasteiger partial charge is 0.244 e. The van der Waals surface area contributed by atoms with E-state index in [9.17, 15) is 18.0 Å². The fourth-order valence-electron chi connectivity index (χ4n) is 3.65. The molecule has 0 spiro atoms. The van der Waals surface area contributed by atoms with Crippen LogP contribution in [0.3, 0.4) is 0 Å². The average molecular weight is 520 g/mol. The Balaban J connectivity index is 2.42. The molecular formula is C26H37N3O6S. The van der Waals surface area contributed by atoms with Crippen molar-refractivity contribution < 1.29 is 27.5 Å². The molecule has 9 nitrogen and oxygen atoms in total. The Hall–Kier alpha value is -3.27. The monoisotopic (exact) mass is 519 g/mol. The van der Waals surface area contributed by atoms with Gasteiger partial charge in [0.1, 0.15) is 24.1 Å². The van der Waals surface area contributed by atoms with Crippen molar-refractivity contribution in [3.63, 3.8) is 0 Å². The number of sulfonamides is 1. The van der Waals surface area contributed by atoms with E-state index in [1.807, 2.05) is 32.9 Å². The Morgan fingerprint density at radius 2 is 1.44 bits per heavy atom. The molecule has 0 unspecified atom stereocenters. The van der Waals surface area contributed by atoms with Crippen LogP contribution in [-0.4, -0.2) is 64.2 Å². The molecule has 0 saturated carbocycles. The molecule has 0 aliphatic rings. The van der Waals surface area contributed by atoms with Crippen LogP contribution in [0.25, 0.3) is 0 Å². The van der Waals surface area contributed by atoms with Crippen LogP contribution in [0, 0.1) is 0 Å². The highest BCUT2D eigenvalue weighted by atomic mass is 32.2. The summed E-state index contributed by atoms with van der Waals surface area (Å²) in [6.07, 6.45) is 2.16. The quantitative estimate of drug-likeness (QED) is 0.436. The molecule has 198 valence electrons.